The van der Waals surface area contributed by atoms with Gasteiger partial charge in [-0.25, -0.2) is 29.1 Å². The highest BCUT2D eigenvalue weighted by atomic mass is 35.5. The third kappa shape index (κ3) is 10.5. The van der Waals surface area contributed by atoms with Crippen LogP contribution in [-0.4, -0.2) is 111 Å². The second kappa shape index (κ2) is 20.2. The molecule has 3 aromatic heterocycles. The number of piperazine rings is 1. The predicted molar refractivity (Wildman–Crippen MR) is 256 cm³/mol. The SMILES string of the molecule is C=C1/C=C\C(=C(/C)Cl)CN(CCN2CCN(C3CC3)CC2)Cc2ccc(OCc3ccnc(-c4ccccc4OC)n3)c(c2)C[C@H](C(=O)O)Oc2ncnc3sc(-c4ccc(F)cc4)c1c23. The van der Waals surface area contributed by atoms with Crippen LogP contribution in [0, 0.1) is 5.82 Å². The molecule has 9 rings (SSSR count). The summed E-state index contributed by atoms with van der Waals surface area (Å²) in [6, 6.07) is 22.2. The first-order valence-corrected chi connectivity index (χ1v) is 23.3. The minimum atomic E-state index is -1.38. The van der Waals surface area contributed by atoms with Gasteiger partial charge < -0.3 is 19.3 Å². The quantitative estimate of drug-likeness (QED) is 0.133. The van der Waals surface area contributed by atoms with E-state index in [-0.39, 0.29) is 24.7 Å². The fraction of sp³-hybridized carbons (Fsp3) is 0.314. The zero-order chi connectivity index (χ0) is 45.7. The number of allylic oxidation sites excluding steroid dienone is 3. The standard InChI is InChI=1S/C51H51ClFN7O5S/c1-32-8-10-36(33(2)52)29-59(21-20-58-22-24-60(25-23-58)40-15-16-40)28-34-9-17-42(64-30-39-18-19-54-48(57-39)41-6-4-5-7-43(41)63-3)37(26-34)27-44(51(61)62)65-49-46-45(32)47(66-50(46)56-31-55-49)35-11-13-38(53)14-12-35/h4-14,17-19,26,31,40,44H,1,15-16,20-25,27-30H2,2-3H3,(H,61,62)/b10-8-,36-33-/t44-/m1/s1. The molecule has 0 amide bonds. The van der Waals surface area contributed by atoms with Gasteiger partial charge in [-0.05, 0) is 84.0 Å². The van der Waals surface area contributed by atoms with Crippen LogP contribution in [0.1, 0.15) is 42.1 Å². The van der Waals surface area contributed by atoms with Crippen LogP contribution in [0.25, 0.3) is 37.6 Å². The van der Waals surface area contributed by atoms with Crippen LogP contribution in [0.4, 0.5) is 4.39 Å². The fourth-order valence-corrected chi connectivity index (χ4v) is 9.88. The Morgan fingerprint density at radius 2 is 1.74 bits per heavy atom. The second-order valence-corrected chi connectivity index (χ2v) is 18.4. The average Bonchev–Trinajstić information content (AvgIpc) is 4.11. The van der Waals surface area contributed by atoms with E-state index >= 15 is 0 Å². The highest BCUT2D eigenvalue weighted by Crippen LogP contribution is 2.45. The molecule has 15 heteroatoms. The van der Waals surface area contributed by atoms with Crippen molar-refractivity contribution in [1.82, 2.24) is 34.6 Å². The number of carboxylic acids is 1. The Bertz CT molecular complexity index is 2800. The minimum absolute atomic E-state index is 0.0530. The molecular weight excluding hydrogens is 877 g/mol. The Hall–Kier alpha value is -6.03. The molecule has 66 heavy (non-hydrogen) atoms. The molecule has 3 aromatic carbocycles. The highest BCUT2D eigenvalue weighted by molar-refractivity contribution is 7.22. The number of rotatable bonds is 11. The normalized spacial score (nSPS) is 19.0. The molecule has 1 saturated heterocycles. The number of aliphatic carboxylic acids is 1. The zero-order valence-corrected chi connectivity index (χ0v) is 38.5. The van der Waals surface area contributed by atoms with E-state index in [1.807, 2.05) is 61.5 Å². The summed E-state index contributed by atoms with van der Waals surface area (Å²) < 4.78 is 32.8. The van der Waals surface area contributed by atoms with Crippen molar-refractivity contribution < 1.29 is 28.5 Å². The van der Waals surface area contributed by atoms with Gasteiger partial charge in [0.15, 0.2) is 5.82 Å². The van der Waals surface area contributed by atoms with E-state index < -0.39 is 12.1 Å². The van der Waals surface area contributed by atoms with Crippen LogP contribution in [0.2, 0.25) is 0 Å². The lowest BCUT2D eigenvalue weighted by Gasteiger charge is -2.36. The number of halogens is 2. The summed E-state index contributed by atoms with van der Waals surface area (Å²) in [5, 5.41) is 12.0. The van der Waals surface area contributed by atoms with Crippen LogP contribution in [-0.2, 0) is 24.4 Å². The Morgan fingerprint density at radius 1 is 0.955 bits per heavy atom. The molecule has 2 bridgehead atoms. The van der Waals surface area contributed by atoms with E-state index in [0.717, 1.165) is 72.5 Å². The summed E-state index contributed by atoms with van der Waals surface area (Å²) in [6.07, 6.45) is 8.14. The van der Waals surface area contributed by atoms with Crippen molar-refractivity contribution in [2.75, 3.05) is 52.9 Å². The van der Waals surface area contributed by atoms with Gasteiger partial charge in [-0.3, -0.25) is 14.7 Å². The Kier molecular flexibility index (Phi) is 13.8. The lowest BCUT2D eigenvalue weighted by molar-refractivity contribution is -0.145. The summed E-state index contributed by atoms with van der Waals surface area (Å²) >= 11 is 8.30. The van der Waals surface area contributed by atoms with Gasteiger partial charge in [0.1, 0.15) is 35.1 Å². The van der Waals surface area contributed by atoms with Crippen molar-refractivity contribution in [3.05, 3.63) is 143 Å². The number of aromatic nitrogens is 4. The number of hydrogen-bond donors (Lipinski definition) is 1. The number of fused-ring (bicyclic) bond motifs is 2. The predicted octanol–water partition coefficient (Wildman–Crippen LogP) is 9.29. The van der Waals surface area contributed by atoms with Crippen molar-refractivity contribution in [2.45, 2.75) is 51.5 Å². The molecule has 0 spiro atoms. The molecular formula is C51H51ClFN7O5S. The van der Waals surface area contributed by atoms with Crippen LogP contribution in [0.3, 0.4) is 0 Å². The number of carboxylic acid groups (broad SMARTS) is 1. The molecule has 12 nitrogen and oxygen atoms in total. The minimum Gasteiger partial charge on any atom is -0.496 e. The molecule has 2 fully saturated rings. The molecule has 0 unspecified atom stereocenters. The smallest absolute Gasteiger partial charge is 0.345 e. The summed E-state index contributed by atoms with van der Waals surface area (Å²) in [5.74, 6) is 0.173. The van der Waals surface area contributed by atoms with Crippen molar-refractivity contribution in [3.63, 3.8) is 0 Å². The fourth-order valence-electron chi connectivity index (χ4n) is 8.59. The number of nitrogens with zero attached hydrogens (tertiary/aromatic N) is 7. The van der Waals surface area contributed by atoms with Crippen LogP contribution < -0.4 is 14.2 Å². The maximum Gasteiger partial charge on any atom is 0.345 e. The highest BCUT2D eigenvalue weighted by Gasteiger charge is 2.32. The number of carbonyl (C=O) groups is 1. The molecule has 1 aliphatic carbocycles. The monoisotopic (exact) mass is 927 g/mol. The first kappa shape index (κ1) is 45.1. The maximum atomic E-state index is 14.2. The van der Waals surface area contributed by atoms with E-state index in [1.54, 1.807) is 31.5 Å². The number of benzene rings is 3. The largest absolute Gasteiger partial charge is 0.496 e. The summed E-state index contributed by atoms with van der Waals surface area (Å²) in [4.78, 5) is 40.5. The molecule has 3 aliphatic rings. The van der Waals surface area contributed by atoms with Crippen molar-refractivity contribution in [2.24, 2.45) is 0 Å². The molecule has 6 aromatic rings. The van der Waals surface area contributed by atoms with Gasteiger partial charge in [-0.15, -0.1) is 11.3 Å². The second-order valence-electron chi connectivity index (χ2n) is 16.9. The molecule has 0 radical (unpaired) electrons. The van der Waals surface area contributed by atoms with Gasteiger partial charge in [0.05, 0.1) is 23.8 Å². The van der Waals surface area contributed by atoms with Crippen LogP contribution in [0.15, 0.2) is 115 Å². The summed E-state index contributed by atoms with van der Waals surface area (Å²) in [5.41, 5.74) is 5.90. The summed E-state index contributed by atoms with van der Waals surface area (Å²) in [6.45, 7) is 13.5. The molecule has 2 aliphatic heterocycles. The number of hydrogen-bond acceptors (Lipinski definition) is 12. The van der Waals surface area contributed by atoms with Crippen LogP contribution in [0.5, 0.6) is 17.4 Å². The van der Waals surface area contributed by atoms with Crippen molar-refractivity contribution in [3.8, 4) is 39.2 Å². The van der Waals surface area contributed by atoms with Gasteiger partial charge in [-0.1, -0.05) is 66.7 Å². The van der Waals surface area contributed by atoms with Crippen LogP contribution >= 0.6 is 22.9 Å². The number of ether oxygens (including phenoxy) is 3. The Balaban J connectivity index is 1.10. The lowest BCUT2D eigenvalue weighted by atomic mass is 9.99. The molecule has 1 N–H and O–H groups in total. The van der Waals surface area contributed by atoms with Gasteiger partial charge in [0.25, 0.3) is 0 Å². The van der Waals surface area contributed by atoms with E-state index in [0.29, 0.717) is 68.1 Å². The summed E-state index contributed by atoms with van der Waals surface area (Å²) in [7, 11) is 1.61. The number of methoxy groups -OCH3 is 1. The van der Waals surface area contributed by atoms with Crippen molar-refractivity contribution in [1.29, 1.82) is 0 Å². The van der Waals surface area contributed by atoms with E-state index in [2.05, 4.69) is 36.2 Å². The van der Waals surface area contributed by atoms with Gasteiger partial charge in [0.2, 0.25) is 12.0 Å². The zero-order valence-electron chi connectivity index (χ0n) is 37.0. The van der Waals surface area contributed by atoms with Gasteiger partial charge in [0, 0.05) is 86.5 Å². The molecule has 1 saturated carbocycles. The number of thiophene rings is 1. The van der Waals surface area contributed by atoms with E-state index in [4.69, 9.17) is 30.8 Å². The average molecular weight is 929 g/mol. The first-order valence-electron chi connectivity index (χ1n) is 22.1. The topological polar surface area (TPSA) is 126 Å². The number of para-hydroxylation sites is 1. The van der Waals surface area contributed by atoms with Gasteiger partial charge >= 0.3 is 5.97 Å². The van der Waals surface area contributed by atoms with Gasteiger partial charge in [-0.2, -0.15) is 0 Å². The van der Waals surface area contributed by atoms with E-state index in [9.17, 15) is 14.3 Å². The maximum absolute atomic E-state index is 14.2. The molecule has 1 atom stereocenters. The third-order valence-electron chi connectivity index (χ3n) is 12.3. The van der Waals surface area contributed by atoms with E-state index in [1.165, 1.54) is 42.6 Å². The third-order valence-corrected chi connectivity index (χ3v) is 13.7. The first-order chi connectivity index (χ1) is 32.1. The van der Waals surface area contributed by atoms with Crippen molar-refractivity contribution >= 4 is 44.7 Å². The molecule has 340 valence electrons. The Morgan fingerprint density at radius 3 is 2.50 bits per heavy atom. The molecule has 5 heterocycles. The lowest BCUT2D eigenvalue weighted by Crippen LogP contribution is -2.49. The Labute approximate surface area is 392 Å².